The molecule has 0 saturated carbocycles. The zero-order valence-electron chi connectivity index (χ0n) is 13.4. The topological polar surface area (TPSA) is 33.7 Å². The third-order valence-electron chi connectivity index (χ3n) is 3.86. The Labute approximate surface area is 118 Å². The minimum Gasteiger partial charge on any atom is -0.353 e. The van der Waals surface area contributed by atoms with E-state index < -0.39 is 0 Å². The Morgan fingerprint density at radius 3 is 2.26 bits per heavy atom. The van der Waals surface area contributed by atoms with Gasteiger partial charge in [-0.3, -0.25) is 0 Å². The highest BCUT2D eigenvalue weighted by Crippen LogP contribution is 2.27. The molecule has 0 unspecified atom stereocenters. The predicted octanol–water partition coefficient (Wildman–Crippen LogP) is 2.10. The van der Waals surface area contributed by atoms with Crippen molar-refractivity contribution in [3.63, 3.8) is 0 Å². The molecule has 114 valence electrons. The van der Waals surface area contributed by atoms with E-state index in [9.17, 15) is 0 Å². The van der Waals surface area contributed by atoms with Crippen LogP contribution in [0.3, 0.4) is 0 Å². The number of piperidine rings is 1. The van der Waals surface area contributed by atoms with Gasteiger partial charge < -0.3 is 19.7 Å². The van der Waals surface area contributed by atoms with Crippen molar-refractivity contribution in [1.29, 1.82) is 0 Å². The quantitative estimate of drug-likeness (QED) is 0.542. The van der Waals surface area contributed by atoms with Crippen molar-refractivity contribution in [2.24, 2.45) is 5.92 Å². The molecule has 1 saturated heterocycles. The van der Waals surface area contributed by atoms with Crippen LogP contribution in [-0.4, -0.2) is 56.6 Å². The molecular weight excluding hydrogens is 240 g/mol. The number of rotatable bonds is 8. The van der Waals surface area contributed by atoms with Gasteiger partial charge in [-0.05, 0) is 26.3 Å². The minimum absolute atomic E-state index is 0.356. The first-order valence-electron chi connectivity index (χ1n) is 7.63. The highest BCUT2D eigenvalue weighted by molar-refractivity contribution is 4.81. The van der Waals surface area contributed by atoms with Crippen molar-refractivity contribution < 1.29 is 9.47 Å². The number of hydrogen-bond acceptors (Lipinski definition) is 4. The second-order valence-corrected chi connectivity index (χ2v) is 6.19. The summed E-state index contributed by atoms with van der Waals surface area (Å²) in [5, 5.41) is 3.40. The Kier molecular flexibility index (Phi) is 7.29. The molecule has 0 aliphatic carbocycles. The number of nitrogens with one attached hydrogen (secondary N) is 1. The molecule has 4 nitrogen and oxygen atoms in total. The van der Waals surface area contributed by atoms with Crippen molar-refractivity contribution in [3.8, 4) is 0 Å². The molecule has 1 rings (SSSR count). The van der Waals surface area contributed by atoms with Crippen LogP contribution in [0, 0.1) is 5.92 Å². The highest BCUT2D eigenvalue weighted by atomic mass is 16.7. The van der Waals surface area contributed by atoms with Gasteiger partial charge in [0.05, 0.1) is 6.61 Å². The minimum atomic E-state index is -0.356. The first kappa shape index (κ1) is 16.9. The van der Waals surface area contributed by atoms with Crippen LogP contribution in [0.2, 0.25) is 0 Å². The lowest BCUT2D eigenvalue weighted by molar-refractivity contribution is -0.244. The fourth-order valence-electron chi connectivity index (χ4n) is 2.49. The van der Waals surface area contributed by atoms with Crippen LogP contribution in [0.1, 0.15) is 40.5 Å². The Morgan fingerprint density at radius 2 is 1.79 bits per heavy atom. The van der Waals surface area contributed by atoms with Gasteiger partial charge in [-0.1, -0.05) is 13.8 Å². The van der Waals surface area contributed by atoms with Crippen molar-refractivity contribution in [2.75, 3.05) is 39.9 Å². The SMILES string of the molecule is COC1(OCCNCC(C)C)CCN(C(C)C)CC1. The molecule has 1 aliphatic rings. The molecule has 0 aromatic carbocycles. The fourth-order valence-corrected chi connectivity index (χ4v) is 2.49. The molecule has 0 aromatic heterocycles. The van der Waals surface area contributed by atoms with Crippen LogP contribution in [0.5, 0.6) is 0 Å². The number of nitrogens with zero attached hydrogens (tertiary/aromatic N) is 1. The van der Waals surface area contributed by atoms with Crippen molar-refractivity contribution in [3.05, 3.63) is 0 Å². The Bertz CT molecular complexity index is 236. The third kappa shape index (κ3) is 5.78. The van der Waals surface area contributed by atoms with Crippen LogP contribution >= 0.6 is 0 Å². The Hall–Kier alpha value is -0.160. The number of methoxy groups -OCH3 is 1. The summed E-state index contributed by atoms with van der Waals surface area (Å²) >= 11 is 0. The summed E-state index contributed by atoms with van der Waals surface area (Å²) in [7, 11) is 1.77. The summed E-state index contributed by atoms with van der Waals surface area (Å²) in [6.07, 6.45) is 1.93. The number of hydrogen-bond donors (Lipinski definition) is 1. The fraction of sp³-hybridized carbons (Fsp3) is 1.00. The van der Waals surface area contributed by atoms with Crippen LogP contribution in [0.25, 0.3) is 0 Å². The molecular formula is C15H32N2O2. The maximum absolute atomic E-state index is 6.02. The van der Waals surface area contributed by atoms with E-state index in [-0.39, 0.29) is 5.79 Å². The van der Waals surface area contributed by atoms with Crippen molar-refractivity contribution in [2.45, 2.75) is 52.4 Å². The average Bonchev–Trinajstić information content (AvgIpc) is 2.38. The first-order valence-corrected chi connectivity index (χ1v) is 7.63. The van der Waals surface area contributed by atoms with E-state index in [0.29, 0.717) is 12.0 Å². The van der Waals surface area contributed by atoms with E-state index >= 15 is 0 Å². The maximum Gasteiger partial charge on any atom is 0.170 e. The lowest BCUT2D eigenvalue weighted by atomic mass is 10.0. The summed E-state index contributed by atoms with van der Waals surface area (Å²) in [5.74, 6) is 0.330. The molecule has 0 aromatic rings. The zero-order chi connectivity index (χ0) is 14.3. The Balaban J connectivity index is 2.25. The molecule has 0 radical (unpaired) electrons. The van der Waals surface area contributed by atoms with Gasteiger partial charge in [-0.15, -0.1) is 0 Å². The molecule has 0 bridgehead atoms. The number of likely N-dealkylation sites (tertiary alicyclic amines) is 1. The molecule has 19 heavy (non-hydrogen) atoms. The summed E-state index contributed by atoms with van der Waals surface area (Å²) < 4.78 is 11.7. The molecule has 4 heteroatoms. The molecule has 0 spiro atoms. The van der Waals surface area contributed by atoms with Crippen LogP contribution in [-0.2, 0) is 9.47 Å². The average molecular weight is 272 g/mol. The van der Waals surface area contributed by atoms with Gasteiger partial charge in [0.1, 0.15) is 0 Å². The van der Waals surface area contributed by atoms with E-state index in [0.717, 1.165) is 45.6 Å². The summed E-state index contributed by atoms with van der Waals surface area (Å²) in [5.41, 5.74) is 0. The molecule has 0 amide bonds. The first-order chi connectivity index (χ1) is 8.99. The molecule has 1 aliphatic heterocycles. The van der Waals surface area contributed by atoms with E-state index in [1.54, 1.807) is 7.11 Å². The van der Waals surface area contributed by atoms with Crippen molar-refractivity contribution in [1.82, 2.24) is 10.2 Å². The second-order valence-electron chi connectivity index (χ2n) is 6.19. The zero-order valence-corrected chi connectivity index (χ0v) is 13.4. The smallest absolute Gasteiger partial charge is 0.170 e. The van der Waals surface area contributed by atoms with Gasteiger partial charge in [0, 0.05) is 45.6 Å². The van der Waals surface area contributed by atoms with Crippen LogP contribution in [0.4, 0.5) is 0 Å². The summed E-state index contributed by atoms with van der Waals surface area (Å²) in [4.78, 5) is 2.48. The van der Waals surface area contributed by atoms with Gasteiger partial charge in [0.2, 0.25) is 0 Å². The van der Waals surface area contributed by atoms with Gasteiger partial charge in [0.15, 0.2) is 5.79 Å². The Morgan fingerprint density at radius 1 is 1.16 bits per heavy atom. The maximum atomic E-state index is 6.02. The molecule has 0 atom stereocenters. The normalized spacial score (nSPS) is 20.4. The second kappa shape index (κ2) is 8.20. The van der Waals surface area contributed by atoms with E-state index in [1.165, 1.54) is 0 Å². The highest BCUT2D eigenvalue weighted by Gasteiger charge is 2.35. The molecule has 1 fully saturated rings. The third-order valence-corrected chi connectivity index (χ3v) is 3.86. The summed E-state index contributed by atoms with van der Waals surface area (Å²) in [6.45, 7) is 13.7. The van der Waals surface area contributed by atoms with Crippen LogP contribution in [0.15, 0.2) is 0 Å². The van der Waals surface area contributed by atoms with E-state index in [1.807, 2.05) is 0 Å². The molecule has 1 heterocycles. The van der Waals surface area contributed by atoms with Crippen molar-refractivity contribution >= 4 is 0 Å². The van der Waals surface area contributed by atoms with Gasteiger partial charge >= 0.3 is 0 Å². The lowest BCUT2D eigenvalue weighted by Crippen LogP contribution is -2.49. The van der Waals surface area contributed by atoms with E-state index in [2.05, 4.69) is 37.9 Å². The van der Waals surface area contributed by atoms with E-state index in [4.69, 9.17) is 9.47 Å². The molecule has 1 N–H and O–H groups in total. The van der Waals surface area contributed by atoms with Crippen LogP contribution < -0.4 is 5.32 Å². The predicted molar refractivity (Wildman–Crippen MR) is 79.3 cm³/mol. The van der Waals surface area contributed by atoms with Gasteiger partial charge in [-0.25, -0.2) is 0 Å². The van der Waals surface area contributed by atoms with Gasteiger partial charge in [-0.2, -0.15) is 0 Å². The monoisotopic (exact) mass is 272 g/mol. The standard InChI is InChI=1S/C15H32N2O2/c1-13(2)12-16-8-11-19-15(18-5)6-9-17(10-7-15)14(3)4/h13-14,16H,6-12H2,1-5H3. The lowest BCUT2D eigenvalue weighted by Gasteiger charge is -2.42. The van der Waals surface area contributed by atoms with Gasteiger partial charge in [0.25, 0.3) is 0 Å². The largest absolute Gasteiger partial charge is 0.353 e. The summed E-state index contributed by atoms with van der Waals surface area (Å²) in [6, 6.07) is 0.613. The number of ether oxygens (including phenoxy) is 2.